The lowest BCUT2D eigenvalue weighted by Crippen LogP contribution is -2.31. The molecule has 0 spiro atoms. The Hall–Kier alpha value is -4.31. The molecule has 0 atom stereocenters. The SMILES string of the molecule is [2H]C([2H])([2H])Oc1cc(C(=O)NS(=O)(=O)c2ccccc2C([2H])([2H])[2H])ccc1C([2H])([2H])c1cn(C)c2ccc(NC(=O)OC3CC([2H])([2H])C([2H])([2H])C3)cc12. The maximum atomic E-state index is 13.2. The molecule has 0 aliphatic heterocycles. The highest BCUT2D eigenvalue weighted by molar-refractivity contribution is 7.90. The van der Waals surface area contributed by atoms with E-state index in [1.165, 1.54) is 30.5 Å². The van der Waals surface area contributed by atoms with Crippen molar-refractivity contribution in [3.63, 3.8) is 0 Å². The second-order valence-corrected chi connectivity index (χ2v) is 10.8. The number of sulfonamides is 1. The molecule has 2 amide bonds. The summed E-state index contributed by atoms with van der Waals surface area (Å²) in [6.07, 6.45) is -8.24. The van der Waals surface area contributed by atoms with E-state index in [0.29, 0.717) is 5.52 Å². The predicted octanol–water partition coefficient (Wildman–Crippen LogP) is 5.70. The Labute approximate surface area is 256 Å². The summed E-state index contributed by atoms with van der Waals surface area (Å²) in [5.41, 5.74) is -0.761. The van der Waals surface area contributed by atoms with Crippen LogP contribution in [-0.2, 0) is 28.2 Å². The van der Waals surface area contributed by atoms with Gasteiger partial charge < -0.3 is 14.0 Å². The van der Waals surface area contributed by atoms with Gasteiger partial charge in [0.25, 0.3) is 15.9 Å². The molecule has 9 nitrogen and oxygen atoms in total. The van der Waals surface area contributed by atoms with Crippen LogP contribution in [0.25, 0.3) is 10.9 Å². The van der Waals surface area contributed by atoms with Crippen molar-refractivity contribution in [1.82, 2.24) is 9.29 Å². The van der Waals surface area contributed by atoms with E-state index in [4.69, 9.17) is 25.9 Å². The van der Waals surface area contributed by atoms with Crippen molar-refractivity contribution in [1.29, 1.82) is 0 Å². The van der Waals surface area contributed by atoms with Crippen LogP contribution in [0.5, 0.6) is 5.75 Å². The zero-order chi connectivity index (χ0) is 39.5. The minimum absolute atomic E-state index is 0.0272. The molecule has 41 heavy (non-hydrogen) atoms. The van der Waals surface area contributed by atoms with Crippen molar-refractivity contribution in [3.8, 4) is 5.75 Å². The van der Waals surface area contributed by atoms with Crippen molar-refractivity contribution in [2.75, 3.05) is 12.4 Å². The van der Waals surface area contributed by atoms with E-state index in [2.05, 4.69) is 5.32 Å². The number of carbonyl (C=O) groups is 2. The van der Waals surface area contributed by atoms with Crippen molar-refractivity contribution in [2.45, 2.75) is 49.8 Å². The molecule has 214 valence electrons. The summed E-state index contributed by atoms with van der Waals surface area (Å²) in [7, 11) is -6.30. The van der Waals surface area contributed by atoms with Crippen LogP contribution < -0.4 is 14.8 Å². The molecule has 5 rings (SSSR count). The van der Waals surface area contributed by atoms with E-state index < -0.39 is 82.9 Å². The van der Waals surface area contributed by atoms with Crippen LogP contribution in [0.4, 0.5) is 10.5 Å². The van der Waals surface area contributed by atoms with Gasteiger partial charge in [-0.2, -0.15) is 0 Å². The van der Waals surface area contributed by atoms with Crippen molar-refractivity contribution in [2.24, 2.45) is 7.05 Å². The maximum absolute atomic E-state index is 13.2. The first-order chi connectivity index (χ1) is 24.2. The lowest BCUT2D eigenvalue weighted by molar-refractivity contribution is 0.0980. The van der Waals surface area contributed by atoms with Crippen molar-refractivity contribution in [3.05, 3.63) is 89.1 Å². The fraction of sp³-hybridized carbons (Fsp3) is 0.290. The van der Waals surface area contributed by atoms with Gasteiger partial charge in [0.2, 0.25) is 0 Å². The Morgan fingerprint density at radius 3 is 2.68 bits per heavy atom. The molecule has 1 saturated carbocycles. The number of aryl methyl sites for hydroxylation is 2. The number of aromatic nitrogens is 1. The number of hydrogen-bond donors (Lipinski definition) is 2. The highest BCUT2D eigenvalue weighted by Gasteiger charge is 2.22. The molecule has 0 radical (unpaired) electrons. The Morgan fingerprint density at radius 2 is 1.90 bits per heavy atom. The number of hydrogen-bond acceptors (Lipinski definition) is 6. The average Bonchev–Trinajstić information content (AvgIpc) is 3.45. The summed E-state index contributed by atoms with van der Waals surface area (Å²) in [4.78, 5) is 25.2. The van der Waals surface area contributed by atoms with Gasteiger partial charge in [-0.05, 0) is 85.5 Å². The molecule has 1 aliphatic rings. The first kappa shape index (κ1) is 16.8. The van der Waals surface area contributed by atoms with E-state index in [-0.39, 0.29) is 35.0 Å². The molecule has 0 unspecified atom stereocenters. The first-order valence-corrected chi connectivity index (χ1v) is 13.8. The summed E-state index contributed by atoms with van der Waals surface area (Å²) in [6, 6.07) is 12.1. The third-order valence-corrected chi connectivity index (χ3v) is 7.71. The number of rotatable bonds is 8. The van der Waals surface area contributed by atoms with Gasteiger partial charge in [0.1, 0.15) is 11.9 Å². The number of carbonyl (C=O) groups excluding carboxylic acids is 2. The van der Waals surface area contributed by atoms with Crippen molar-refractivity contribution >= 4 is 38.6 Å². The van der Waals surface area contributed by atoms with Gasteiger partial charge in [-0.15, -0.1) is 0 Å². The standard InChI is InChI=1S/C31H33N3O6S/c1-20-8-4-7-11-29(20)41(37,38)33-30(35)22-13-12-21(28(17-22)39-3)16-23-19-34(2)27-15-14-24(18-26(23)27)32-31(36)40-25-9-5-6-10-25/h4,7-8,11-15,17-19,25H,5-6,9-10,16H2,1-3H3,(H,32,36)(H,33,35)/i1D3,3D3,5D2,6D2,16D2. The van der Waals surface area contributed by atoms with E-state index in [9.17, 15) is 18.0 Å². The fourth-order valence-electron chi connectivity index (χ4n) is 4.33. The Kier molecular flexibility index (Phi) is 4.79. The highest BCUT2D eigenvalue weighted by atomic mass is 32.2. The molecule has 2 N–H and O–H groups in total. The zero-order valence-electron chi connectivity index (χ0n) is 33.6. The van der Waals surface area contributed by atoms with E-state index in [1.807, 2.05) is 0 Å². The molecular weight excluding hydrogens is 542 g/mol. The normalized spacial score (nSPS) is 21.5. The van der Waals surface area contributed by atoms with Gasteiger partial charge in [-0.25, -0.2) is 17.9 Å². The van der Waals surface area contributed by atoms with Crippen LogP contribution in [0, 0.1) is 6.85 Å². The molecule has 1 heterocycles. The second kappa shape index (κ2) is 11.7. The van der Waals surface area contributed by atoms with Crippen molar-refractivity contribution < 1.29 is 43.9 Å². The number of nitrogens with zero attached hydrogens (tertiary/aromatic N) is 1. The minimum atomic E-state index is -4.76. The van der Waals surface area contributed by atoms with Crippen LogP contribution >= 0.6 is 0 Å². The van der Waals surface area contributed by atoms with Crippen LogP contribution in [0.15, 0.2) is 71.8 Å². The summed E-state index contributed by atoms with van der Waals surface area (Å²) in [5.74, 6) is -1.92. The second-order valence-electron chi connectivity index (χ2n) is 9.17. The number of fused-ring (bicyclic) bond motifs is 1. The number of methoxy groups -OCH3 is 1. The van der Waals surface area contributed by atoms with Crippen LogP contribution in [0.3, 0.4) is 0 Å². The Balaban J connectivity index is 1.47. The summed E-state index contributed by atoms with van der Waals surface area (Å²) in [6.45, 7) is -2.84. The molecule has 1 aromatic heterocycles. The maximum Gasteiger partial charge on any atom is 0.411 e. The Morgan fingerprint density at radius 1 is 1.10 bits per heavy atom. The number of amides is 2. The van der Waals surface area contributed by atoms with Gasteiger partial charge in [-0.3, -0.25) is 10.1 Å². The third-order valence-electron chi connectivity index (χ3n) is 6.32. The van der Waals surface area contributed by atoms with Crippen LogP contribution in [0.1, 0.15) is 69.1 Å². The number of anilines is 1. The van der Waals surface area contributed by atoms with Crippen LogP contribution in [0.2, 0.25) is 0 Å². The van der Waals surface area contributed by atoms with E-state index in [1.54, 1.807) is 22.4 Å². The molecule has 10 heteroatoms. The van der Waals surface area contributed by atoms with Gasteiger partial charge >= 0.3 is 6.09 Å². The monoisotopic (exact) mass is 587 g/mol. The van der Waals surface area contributed by atoms with Gasteiger partial charge in [-0.1, -0.05) is 24.3 Å². The quantitative estimate of drug-likeness (QED) is 0.273. The first-order valence-electron chi connectivity index (χ1n) is 18.3. The number of nitrogens with one attached hydrogen (secondary N) is 2. The van der Waals surface area contributed by atoms with Gasteiger partial charge in [0.15, 0.2) is 0 Å². The van der Waals surface area contributed by atoms with Gasteiger partial charge in [0.05, 0.1) is 16.0 Å². The minimum Gasteiger partial charge on any atom is -0.496 e. The third kappa shape index (κ3) is 6.22. The predicted molar refractivity (Wildman–Crippen MR) is 157 cm³/mol. The van der Waals surface area contributed by atoms with Crippen LogP contribution in [-0.4, -0.2) is 38.1 Å². The number of ether oxygens (including phenoxy) is 2. The molecule has 0 bridgehead atoms. The lowest BCUT2D eigenvalue weighted by Gasteiger charge is -2.13. The summed E-state index contributed by atoms with van der Waals surface area (Å²) < 4.78 is 136. The molecule has 1 fully saturated rings. The molecule has 3 aromatic carbocycles. The van der Waals surface area contributed by atoms with E-state index >= 15 is 0 Å². The number of benzene rings is 3. The smallest absolute Gasteiger partial charge is 0.411 e. The molecule has 0 saturated heterocycles. The molecule has 1 aliphatic carbocycles. The molecule has 4 aromatic rings. The summed E-state index contributed by atoms with van der Waals surface area (Å²) >= 11 is 0. The zero-order valence-corrected chi connectivity index (χ0v) is 22.5. The fourth-order valence-corrected chi connectivity index (χ4v) is 5.42. The highest BCUT2D eigenvalue weighted by Crippen LogP contribution is 2.30. The Bertz CT molecular complexity index is 2180. The summed E-state index contributed by atoms with van der Waals surface area (Å²) in [5, 5.41) is 2.74. The average molecular weight is 588 g/mol. The molecular formula is C31H33N3O6S. The topological polar surface area (TPSA) is 116 Å². The lowest BCUT2D eigenvalue weighted by atomic mass is 10.0. The van der Waals surface area contributed by atoms with E-state index in [0.717, 1.165) is 30.3 Å². The van der Waals surface area contributed by atoms with Gasteiger partial charge in [0, 0.05) is 54.1 Å². The largest absolute Gasteiger partial charge is 0.496 e.